The predicted octanol–water partition coefficient (Wildman–Crippen LogP) is 3.58. The Kier molecular flexibility index (Phi) is 4.93. The third kappa shape index (κ3) is 3.77. The Balaban J connectivity index is 2.17. The molecule has 1 saturated heterocycles. The number of rotatable bonds is 3. The van der Waals surface area contributed by atoms with Gasteiger partial charge in [0.05, 0.1) is 12.2 Å². The van der Waals surface area contributed by atoms with Crippen LogP contribution in [0.4, 0.5) is 13.2 Å². The van der Waals surface area contributed by atoms with E-state index in [0.29, 0.717) is 19.7 Å². The smallest absolute Gasteiger partial charge is 0.384 e. The molecule has 21 heavy (non-hydrogen) atoms. The Morgan fingerprint density at radius 2 is 2.19 bits per heavy atom. The monoisotopic (exact) mass is 365 g/mol. The summed E-state index contributed by atoms with van der Waals surface area (Å²) in [6.45, 7) is 1.62. The number of halogens is 4. The molecule has 0 bridgehead atoms. The first-order chi connectivity index (χ1) is 9.82. The normalized spacial score (nSPS) is 19.1. The van der Waals surface area contributed by atoms with Crippen LogP contribution in [-0.2, 0) is 10.9 Å². The van der Waals surface area contributed by atoms with Crippen molar-refractivity contribution in [3.05, 3.63) is 33.8 Å². The zero-order valence-corrected chi connectivity index (χ0v) is 13.0. The first-order valence-corrected chi connectivity index (χ1v) is 7.27. The van der Waals surface area contributed by atoms with Crippen molar-refractivity contribution in [1.29, 1.82) is 0 Å². The lowest BCUT2D eigenvalue weighted by atomic mass is 10.1. The molecule has 1 aliphatic heterocycles. The van der Waals surface area contributed by atoms with Crippen LogP contribution in [0.15, 0.2) is 22.7 Å². The van der Waals surface area contributed by atoms with Crippen LogP contribution in [0.5, 0.6) is 0 Å². The maximum absolute atomic E-state index is 12.9. The van der Waals surface area contributed by atoms with Crippen molar-refractivity contribution in [3.8, 4) is 0 Å². The number of alkyl halides is 3. The number of methoxy groups -OCH3 is 1. The molecule has 1 fully saturated rings. The Hall–Kier alpha value is -1.08. The van der Waals surface area contributed by atoms with Gasteiger partial charge >= 0.3 is 6.18 Å². The molecule has 7 heteroatoms. The molecule has 0 saturated carbocycles. The summed E-state index contributed by atoms with van der Waals surface area (Å²) in [7, 11) is 1.59. The van der Waals surface area contributed by atoms with Gasteiger partial charge in [-0.05, 0) is 24.6 Å². The second kappa shape index (κ2) is 6.36. The van der Waals surface area contributed by atoms with Gasteiger partial charge in [0.1, 0.15) is 0 Å². The lowest BCUT2D eigenvalue weighted by molar-refractivity contribution is -0.138. The molecule has 2 rings (SSSR count). The van der Waals surface area contributed by atoms with Gasteiger partial charge in [0.25, 0.3) is 5.91 Å². The van der Waals surface area contributed by atoms with Crippen LogP contribution < -0.4 is 0 Å². The van der Waals surface area contributed by atoms with Gasteiger partial charge in [-0.15, -0.1) is 0 Å². The maximum atomic E-state index is 12.9. The van der Waals surface area contributed by atoms with E-state index in [1.807, 2.05) is 0 Å². The molecular formula is C14H15BrF3NO2. The van der Waals surface area contributed by atoms with Crippen LogP contribution in [0, 0.1) is 5.92 Å². The molecule has 1 heterocycles. The van der Waals surface area contributed by atoms with E-state index in [1.165, 1.54) is 12.1 Å². The number of carbonyl (C=O) groups excluding carboxylic acids is 1. The van der Waals surface area contributed by atoms with Crippen molar-refractivity contribution in [2.45, 2.75) is 12.6 Å². The Bertz CT molecular complexity index is 533. The highest BCUT2D eigenvalue weighted by molar-refractivity contribution is 9.10. The number of ether oxygens (including phenoxy) is 1. The lowest BCUT2D eigenvalue weighted by Gasteiger charge is -2.18. The Morgan fingerprint density at radius 1 is 1.48 bits per heavy atom. The molecule has 0 aliphatic carbocycles. The van der Waals surface area contributed by atoms with E-state index in [0.717, 1.165) is 12.5 Å². The van der Waals surface area contributed by atoms with Crippen LogP contribution in [0.3, 0.4) is 0 Å². The van der Waals surface area contributed by atoms with Crippen molar-refractivity contribution in [1.82, 2.24) is 4.90 Å². The van der Waals surface area contributed by atoms with Crippen LogP contribution in [0.25, 0.3) is 0 Å². The minimum absolute atomic E-state index is 0.0589. The van der Waals surface area contributed by atoms with Gasteiger partial charge in [-0.1, -0.05) is 15.9 Å². The summed E-state index contributed by atoms with van der Waals surface area (Å²) >= 11 is 2.87. The topological polar surface area (TPSA) is 29.5 Å². The molecule has 1 aromatic rings. The average molecular weight is 366 g/mol. The van der Waals surface area contributed by atoms with Crippen molar-refractivity contribution in [2.24, 2.45) is 5.92 Å². The minimum atomic E-state index is -4.49. The van der Waals surface area contributed by atoms with E-state index in [2.05, 4.69) is 15.9 Å². The number of hydrogen-bond donors (Lipinski definition) is 0. The van der Waals surface area contributed by atoms with Crippen LogP contribution in [-0.4, -0.2) is 37.6 Å². The van der Waals surface area contributed by atoms with Gasteiger partial charge in [0, 0.05) is 36.2 Å². The van der Waals surface area contributed by atoms with Gasteiger partial charge in [-0.2, -0.15) is 13.2 Å². The number of benzene rings is 1. The summed E-state index contributed by atoms with van der Waals surface area (Å²) in [5.41, 5.74) is -0.774. The van der Waals surface area contributed by atoms with Crippen molar-refractivity contribution < 1.29 is 22.7 Å². The second-order valence-corrected chi connectivity index (χ2v) is 5.91. The molecule has 0 aromatic heterocycles. The van der Waals surface area contributed by atoms with Crippen LogP contribution in [0.2, 0.25) is 0 Å². The fourth-order valence-corrected chi connectivity index (χ4v) is 2.92. The average Bonchev–Trinajstić information content (AvgIpc) is 2.86. The molecule has 0 N–H and O–H groups in total. The highest BCUT2D eigenvalue weighted by Gasteiger charge is 2.34. The quantitative estimate of drug-likeness (QED) is 0.819. The fraction of sp³-hybridized carbons (Fsp3) is 0.500. The predicted molar refractivity (Wildman–Crippen MR) is 75.0 cm³/mol. The minimum Gasteiger partial charge on any atom is -0.384 e. The van der Waals surface area contributed by atoms with Gasteiger partial charge in [0.15, 0.2) is 0 Å². The van der Waals surface area contributed by atoms with Gasteiger partial charge < -0.3 is 9.64 Å². The first kappa shape index (κ1) is 16.3. The third-order valence-corrected chi connectivity index (χ3v) is 4.19. The van der Waals surface area contributed by atoms with Crippen LogP contribution >= 0.6 is 15.9 Å². The van der Waals surface area contributed by atoms with E-state index in [1.54, 1.807) is 12.0 Å². The summed E-state index contributed by atoms with van der Waals surface area (Å²) < 4.78 is 43.6. The summed E-state index contributed by atoms with van der Waals surface area (Å²) in [6, 6.07) is 3.57. The Labute approximate surface area is 129 Å². The van der Waals surface area contributed by atoms with E-state index < -0.39 is 11.7 Å². The van der Waals surface area contributed by atoms with Crippen LogP contribution in [0.1, 0.15) is 22.3 Å². The zero-order valence-electron chi connectivity index (χ0n) is 11.4. The molecule has 1 aromatic carbocycles. The largest absolute Gasteiger partial charge is 0.417 e. The SMILES string of the molecule is COCC1CCN(C(=O)c2ccc(Br)c(C(F)(F)F)c2)C1. The standard InChI is InChI=1S/C14H15BrF3NO2/c1-21-8-9-4-5-19(7-9)13(20)10-2-3-12(15)11(6-10)14(16,17)18/h2-3,6,9H,4-5,7-8H2,1H3. The van der Waals surface area contributed by atoms with Gasteiger partial charge in [-0.25, -0.2) is 0 Å². The molecule has 0 spiro atoms. The number of carbonyl (C=O) groups is 1. The summed E-state index contributed by atoms with van der Waals surface area (Å²) in [5, 5.41) is 0. The molecule has 3 nitrogen and oxygen atoms in total. The summed E-state index contributed by atoms with van der Waals surface area (Å²) in [4.78, 5) is 13.9. The molecule has 0 radical (unpaired) electrons. The number of amides is 1. The number of likely N-dealkylation sites (tertiary alicyclic amines) is 1. The molecule has 1 atom stereocenters. The zero-order chi connectivity index (χ0) is 15.6. The molecule has 116 valence electrons. The third-order valence-electron chi connectivity index (χ3n) is 3.49. The first-order valence-electron chi connectivity index (χ1n) is 6.48. The number of hydrogen-bond acceptors (Lipinski definition) is 2. The highest BCUT2D eigenvalue weighted by Crippen LogP contribution is 2.35. The molecule has 1 amide bonds. The van der Waals surface area contributed by atoms with E-state index in [-0.39, 0.29) is 21.9 Å². The van der Waals surface area contributed by atoms with Gasteiger partial charge in [0.2, 0.25) is 0 Å². The molecule has 1 unspecified atom stereocenters. The van der Waals surface area contributed by atoms with Crippen molar-refractivity contribution in [2.75, 3.05) is 26.8 Å². The molecule has 1 aliphatic rings. The maximum Gasteiger partial charge on any atom is 0.417 e. The fourth-order valence-electron chi connectivity index (χ4n) is 2.45. The van der Waals surface area contributed by atoms with Gasteiger partial charge in [-0.3, -0.25) is 4.79 Å². The highest BCUT2D eigenvalue weighted by atomic mass is 79.9. The van der Waals surface area contributed by atoms with Crippen molar-refractivity contribution >= 4 is 21.8 Å². The molecular weight excluding hydrogens is 351 g/mol. The summed E-state index contributed by atoms with van der Waals surface area (Å²) in [6.07, 6.45) is -3.68. The van der Waals surface area contributed by atoms with Crippen molar-refractivity contribution in [3.63, 3.8) is 0 Å². The summed E-state index contributed by atoms with van der Waals surface area (Å²) in [5.74, 6) is -0.122. The van der Waals surface area contributed by atoms with E-state index in [4.69, 9.17) is 4.74 Å². The second-order valence-electron chi connectivity index (χ2n) is 5.05. The van der Waals surface area contributed by atoms with E-state index in [9.17, 15) is 18.0 Å². The Morgan fingerprint density at radius 3 is 2.81 bits per heavy atom. The van der Waals surface area contributed by atoms with E-state index >= 15 is 0 Å². The lowest BCUT2D eigenvalue weighted by Crippen LogP contribution is -2.29. The number of nitrogens with zero attached hydrogens (tertiary/aromatic N) is 1.